The Bertz CT molecular complexity index is 714. The van der Waals surface area contributed by atoms with Crippen LogP contribution in [0.5, 0.6) is 0 Å². The molecule has 1 heterocycles. The van der Waals surface area contributed by atoms with Gasteiger partial charge in [0.1, 0.15) is 0 Å². The van der Waals surface area contributed by atoms with Crippen molar-refractivity contribution in [3.63, 3.8) is 0 Å². The van der Waals surface area contributed by atoms with Crippen LogP contribution in [-0.2, 0) is 6.42 Å². The van der Waals surface area contributed by atoms with E-state index in [4.69, 9.17) is 5.73 Å². The Hall–Kier alpha value is -2.26. The summed E-state index contributed by atoms with van der Waals surface area (Å²) in [5, 5.41) is 2.50. The number of aromatic nitrogens is 2. The van der Waals surface area contributed by atoms with Gasteiger partial charge in [0, 0.05) is 6.20 Å². The Labute approximate surface area is 118 Å². The first-order valence-electron chi connectivity index (χ1n) is 6.75. The third-order valence-electron chi connectivity index (χ3n) is 3.50. The van der Waals surface area contributed by atoms with Crippen molar-refractivity contribution >= 4 is 10.8 Å². The fourth-order valence-corrected chi connectivity index (χ4v) is 2.41. The molecule has 0 radical (unpaired) electrons. The van der Waals surface area contributed by atoms with Gasteiger partial charge < -0.3 is 5.73 Å². The van der Waals surface area contributed by atoms with Gasteiger partial charge in [-0.3, -0.25) is 9.97 Å². The standard InChI is InChI=1S/C17H17N3/c1-12-10-20-17(11-19-12)16(18)9-14-7-4-6-13-5-2-3-8-15(13)14/h2-8,10-11,16H,9,18H2,1H3. The third kappa shape index (κ3) is 2.53. The number of aryl methyl sites for hydroxylation is 1. The summed E-state index contributed by atoms with van der Waals surface area (Å²) in [4.78, 5) is 8.63. The van der Waals surface area contributed by atoms with E-state index in [1.807, 2.05) is 6.92 Å². The third-order valence-corrected chi connectivity index (χ3v) is 3.50. The van der Waals surface area contributed by atoms with E-state index >= 15 is 0 Å². The molecule has 0 aliphatic heterocycles. The van der Waals surface area contributed by atoms with Crippen LogP contribution < -0.4 is 5.73 Å². The molecule has 2 aromatic carbocycles. The number of hydrogen-bond donors (Lipinski definition) is 1. The zero-order valence-corrected chi connectivity index (χ0v) is 11.5. The molecule has 1 atom stereocenters. The highest BCUT2D eigenvalue weighted by Crippen LogP contribution is 2.22. The minimum absolute atomic E-state index is 0.131. The Kier molecular flexibility index (Phi) is 3.44. The summed E-state index contributed by atoms with van der Waals surface area (Å²) >= 11 is 0. The van der Waals surface area contributed by atoms with E-state index in [0.717, 1.165) is 17.8 Å². The van der Waals surface area contributed by atoms with Gasteiger partial charge in [0.25, 0.3) is 0 Å². The summed E-state index contributed by atoms with van der Waals surface area (Å²) in [5.74, 6) is 0. The van der Waals surface area contributed by atoms with Crippen LogP contribution in [-0.4, -0.2) is 9.97 Å². The number of hydrogen-bond acceptors (Lipinski definition) is 3. The summed E-state index contributed by atoms with van der Waals surface area (Å²) in [7, 11) is 0. The molecular weight excluding hydrogens is 246 g/mol. The lowest BCUT2D eigenvalue weighted by atomic mass is 9.98. The quantitative estimate of drug-likeness (QED) is 0.789. The molecule has 20 heavy (non-hydrogen) atoms. The van der Waals surface area contributed by atoms with E-state index in [1.165, 1.54) is 16.3 Å². The smallest absolute Gasteiger partial charge is 0.0757 e. The van der Waals surface area contributed by atoms with Crippen LogP contribution in [0.4, 0.5) is 0 Å². The molecule has 3 aromatic rings. The van der Waals surface area contributed by atoms with Gasteiger partial charge >= 0.3 is 0 Å². The van der Waals surface area contributed by atoms with E-state index in [9.17, 15) is 0 Å². The van der Waals surface area contributed by atoms with E-state index < -0.39 is 0 Å². The van der Waals surface area contributed by atoms with Crippen molar-refractivity contribution in [3.8, 4) is 0 Å². The van der Waals surface area contributed by atoms with Gasteiger partial charge in [0.05, 0.1) is 23.6 Å². The lowest BCUT2D eigenvalue weighted by Crippen LogP contribution is -2.15. The van der Waals surface area contributed by atoms with E-state index in [1.54, 1.807) is 12.4 Å². The van der Waals surface area contributed by atoms with Crippen LogP contribution in [0.2, 0.25) is 0 Å². The van der Waals surface area contributed by atoms with Crippen molar-refractivity contribution in [2.45, 2.75) is 19.4 Å². The molecule has 3 rings (SSSR count). The number of rotatable bonds is 3. The maximum atomic E-state index is 6.27. The Morgan fingerprint density at radius 2 is 1.80 bits per heavy atom. The highest BCUT2D eigenvalue weighted by molar-refractivity contribution is 5.85. The fourth-order valence-electron chi connectivity index (χ4n) is 2.41. The van der Waals surface area contributed by atoms with Crippen molar-refractivity contribution in [2.75, 3.05) is 0 Å². The number of fused-ring (bicyclic) bond motifs is 1. The molecule has 2 N–H and O–H groups in total. The monoisotopic (exact) mass is 263 g/mol. The molecule has 1 unspecified atom stereocenters. The zero-order chi connectivity index (χ0) is 13.9. The van der Waals surface area contributed by atoms with Crippen LogP contribution in [0, 0.1) is 6.92 Å². The van der Waals surface area contributed by atoms with Gasteiger partial charge in [-0.15, -0.1) is 0 Å². The van der Waals surface area contributed by atoms with Gasteiger partial charge in [0.15, 0.2) is 0 Å². The van der Waals surface area contributed by atoms with Crippen LogP contribution >= 0.6 is 0 Å². The predicted octanol–water partition coefficient (Wildman–Crippen LogP) is 3.18. The molecule has 0 bridgehead atoms. The molecule has 0 aliphatic rings. The minimum atomic E-state index is -0.131. The minimum Gasteiger partial charge on any atom is -0.322 e. The maximum Gasteiger partial charge on any atom is 0.0757 e. The Morgan fingerprint density at radius 1 is 1.00 bits per heavy atom. The van der Waals surface area contributed by atoms with Gasteiger partial charge in [0.2, 0.25) is 0 Å². The normalized spacial score (nSPS) is 12.5. The SMILES string of the molecule is Cc1cnc(C(N)Cc2cccc3ccccc23)cn1. The van der Waals surface area contributed by atoms with E-state index in [2.05, 4.69) is 52.4 Å². The van der Waals surface area contributed by atoms with Gasteiger partial charge in [-0.25, -0.2) is 0 Å². The summed E-state index contributed by atoms with van der Waals surface area (Å²) in [5.41, 5.74) is 9.26. The van der Waals surface area contributed by atoms with Crippen molar-refractivity contribution in [1.82, 2.24) is 9.97 Å². The van der Waals surface area contributed by atoms with Crippen molar-refractivity contribution in [2.24, 2.45) is 5.73 Å². The average Bonchev–Trinajstić information content (AvgIpc) is 2.48. The molecule has 100 valence electrons. The number of benzene rings is 2. The first-order valence-corrected chi connectivity index (χ1v) is 6.75. The molecule has 0 saturated heterocycles. The predicted molar refractivity (Wildman–Crippen MR) is 81.3 cm³/mol. The molecule has 3 nitrogen and oxygen atoms in total. The van der Waals surface area contributed by atoms with Gasteiger partial charge in [-0.1, -0.05) is 42.5 Å². The first kappa shape index (κ1) is 12.8. The maximum absolute atomic E-state index is 6.27. The molecular formula is C17H17N3. The number of nitrogens with zero attached hydrogens (tertiary/aromatic N) is 2. The fraction of sp³-hybridized carbons (Fsp3) is 0.176. The number of nitrogens with two attached hydrogens (primary N) is 1. The molecule has 0 amide bonds. The highest BCUT2D eigenvalue weighted by atomic mass is 14.8. The van der Waals surface area contributed by atoms with Crippen LogP contribution in [0.1, 0.15) is 23.0 Å². The van der Waals surface area contributed by atoms with Crippen LogP contribution in [0.25, 0.3) is 10.8 Å². The highest BCUT2D eigenvalue weighted by Gasteiger charge is 2.10. The second kappa shape index (κ2) is 5.39. The van der Waals surface area contributed by atoms with Crippen molar-refractivity contribution < 1.29 is 0 Å². The largest absolute Gasteiger partial charge is 0.322 e. The second-order valence-electron chi connectivity index (χ2n) is 5.03. The van der Waals surface area contributed by atoms with Gasteiger partial charge in [-0.05, 0) is 29.7 Å². The molecule has 1 aromatic heterocycles. The lowest BCUT2D eigenvalue weighted by Gasteiger charge is -2.13. The summed E-state index contributed by atoms with van der Waals surface area (Å²) in [6.07, 6.45) is 4.29. The molecule has 0 saturated carbocycles. The topological polar surface area (TPSA) is 51.8 Å². The van der Waals surface area contributed by atoms with Crippen LogP contribution in [0.15, 0.2) is 54.9 Å². The lowest BCUT2D eigenvalue weighted by molar-refractivity contribution is 0.692. The van der Waals surface area contributed by atoms with Crippen LogP contribution in [0.3, 0.4) is 0 Å². The summed E-state index contributed by atoms with van der Waals surface area (Å²) in [6, 6.07) is 14.6. The average molecular weight is 263 g/mol. The molecule has 0 fully saturated rings. The van der Waals surface area contributed by atoms with Crippen molar-refractivity contribution in [1.29, 1.82) is 0 Å². The summed E-state index contributed by atoms with van der Waals surface area (Å²) in [6.45, 7) is 1.92. The molecule has 0 spiro atoms. The van der Waals surface area contributed by atoms with Gasteiger partial charge in [-0.2, -0.15) is 0 Å². The second-order valence-corrected chi connectivity index (χ2v) is 5.03. The summed E-state index contributed by atoms with van der Waals surface area (Å²) < 4.78 is 0. The zero-order valence-electron chi connectivity index (χ0n) is 11.5. The first-order chi connectivity index (χ1) is 9.74. The molecule has 3 heteroatoms. The Morgan fingerprint density at radius 3 is 2.60 bits per heavy atom. The van der Waals surface area contributed by atoms with E-state index in [-0.39, 0.29) is 6.04 Å². The Balaban J connectivity index is 1.91. The molecule has 0 aliphatic carbocycles. The van der Waals surface area contributed by atoms with Crippen molar-refractivity contribution in [3.05, 3.63) is 71.8 Å². The van der Waals surface area contributed by atoms with E-state index in [0.29, 0.717) is 0 Å².